The molecule has 2 unspecified atom stereocenters. The summed E-state index contributed by atoms with van der Waals surface area (Å²) in [6.07, 6.45) is 4.54. The van der Waals surface area contributed by atoms with Crippen molar-refractivity contribution in [2.45, 2.75) is 65.5 Å². The average Bonchev–Trinajstić information content (AvgIpc) is 3.41. The van der Waals surface area contributed by atoms with Crippen LogP contribution >= 0.6 is 0 Å². The number of carbonyl (C=O) groups excluding carboxylic acids is 1. The van der Waals surface area contributed by atoms with Gasteiger partial charge in [0.1, 0.15) is 17.3 Å². The minimum absolute atomic E-state index is 0.0417. The molecule has 0 spiro atoms. The fourth-order valence-corrected chi connectivity index (χ4v) is 6.26. The quantitative estimate of drug-likeness (QED) is 0.371. The third kappa shape index (κ3) is 3.75. The maximum Gasteiger partial charge on any atom is 0.253 e. The number of aromatic nitrogens is 1. The molecule has 6 nitrogen and oxygen atoms in total. The molecule has 1 aromatic heterocycles. The van der Waals surface area contributed by atoms with Crippen LogP contribution in [-0.4, -0.2) is 41.1 Å². The number of hydrogen-bond donors (Lipinski definition) is 1. The fourth-order valence-electron chi connectivity index (χ4n) is 6.26. The van der Waals surface area contributed by atoms with E-state index in [2.05, 4.69) is 34.7 Å². The molecular weight excluding hydrogens is 450 g/mol. The van der Waals surface area contributed by atoms with Gasteiger partial charge in [-0.05, 0) is 94.8 Å². The standard InChI is InChI=1S/C30H33N3O3/c1-5-33(6-2)30(34)20-7-11-24-27(16-20)35-26-12-8-19(28-17(3)32-36-18(28)4)15-25(26)29(24)21-13-22-9-10-23(14-21)31-22/h7-8,11-12,15-16,22-23,31H,5-6,9-10,13-14H2,1-4H3. The first-order valence-electron chi connectivity index (χ1n) is 13.1. The molecule has 3 aromatic rings. The van der Waals surface area contributed by atoms with Crippen molar-refractivity contribution in [3.8, 4) is 22.6 Å². The Kier molecular flexibility index (Phi) is 5.72. The lowest BCUT2D eigenvalue weighted by molar-refractivity contribution is 0.0772. The van der Waals surface area contributed by atoms with Crippen LogP contribution in [0.4, 0.5) is 0 Å². The Labute approximate surface area is 212 Å². The Morgan fingerprint density at radius 1 is 1.00 bits per heavy atom. The fraction of sp³-hybridized carbons (Fsp3) is 0.400. The Bertz CT molecular complexity index is 1350. The number of piperidine rings is 1. The second kappa shape index (κ2) is 8.93. The first kappa shape index (κ1) is 23.0. The largest absolute Gasteiger partial charge is 0.456 e. The number of carbonyl (C=O) groups is 1. The lowest BCUT2D eigenvalue weighted by atomic mass is 9.83. The van der Waals surface area contributed by atoms with Gasteiger partial charge in [-0.15, -0.1) is 0 Å². The van der Waals surface area contributed by atoms with E-state index in [4.69, 9.17) is 9.26 Å². The van der Waals surface area contributed by atoms with Crippen molar-refractivity contribution in [2.24, 2.45) is 0 Å². The van der Waals surface area contributed by atoms with Crippen LogP contribution in [0.1, 0.15) is 72.5 Å². The van der Waals surface area contributed by atoms with Crippen LogP contribution in [0.15, 0.2) is 46.5 Å². The van der Waals surface area contributed by atoms with Crippen molar-refractivity contribution in [3.05, 3.63) is 70.1 Å². The molecule has 3 aliphatic heterocycles. The third-order valence-corrected chi connectivity index (χ3v) is 8.01. The van der Waals surface area contributed by atoms with Crippen LogP contribution in [0, 0.1) is 13.8 Å². The molecule has 2 atom stereocenters. The van der Waals surface area contributed by atoms with Crippen LogP contribution in [0.5, 0.6) is 11.5 Å². The zero-order chi connectivity index (χ0) is 25.0. The van der Waals surface area contributed by atoms with E-state index in [1.54, 1.807) is 0 Å². The highest BCUT2D eigenvalue weighted by Crippen LogP contribution is 2.49. The SMILES string of the molecule is CCN(CC)C(=O)c1ccc2c(c1)Oc1ccc(-c3c(C)noc3C)cc1C2=C1CC2CCC(C1)N2. The van der Waals surface area contributed by atoms with Crippen LogP contribution in [0.3, 0.4) is 0 Å². The zero-order valence-electron chi connectivity index (χ0n) is 21.5. The molecule has 2 bridgehead atoms. The van der Waals surface area contributed by atoms with Gasteiger partial charge in [0.15, 0.2) is 0 Å². The number of benzene rings is 2. The topological polar surface area (TPSA) is 67.6 Å². The van der Waals surface area contributed by atoms with Crippen molar-refractivity contribution < 1.29 is 14.1 Å². The molecule has 2 fully saturated rings. The Balaban J connectivity index is 1.51. The number of nitrogens with one attached hydrogen (secondary N) is 1. The molecule has 2 aromatic carbocycles. The van der Waals surface area contributed by atoms with Crippen molar-refractivity contribution in [1.29, 1.82) is 0 Å². The summed E-state index contributed by atoms with van der Waals surface area (Å²) in [5.74, 6) is 2.45. The molecule has 1 amide bonds. The number of nitrogens with zero attached hydrogens (tertiary/aromatic N) is 2. The smallest absolute Gasteiger partial charge is 0.253 e. The molecular formula is C30H33N3O3. The predicted molar refractivity (Wildman–Crippen MR) is 140 cm³/mol. The molecule has 36 heavy (non-hydrogen) atoms. The average molecular weight is 484 g/mol. The van der Waals surface area contributed by atoms with Gasteiger partial charge in [-0.1, -0.05) is 16.8 Å². The summed E-state index contributed by atoms with van der Waals surface area (Å²) in [5, 5.41) is 7.94. The molecule has 4 heterocycles. The van der Waals surface area contributed by atoms with E-state index >= 15 is 0 Å². The highest BCUT2D eigenvalue weighted by molar-refractivity contribution is 5.97. The summed E-state index contributed by atoms with van der Waals surface area (Å²) in [6, 6.07) is 13.4. The van der Waals surface area contributed by atoms with E-state index < -0.39 is 0 Å². The molecule has 0 saturated carbocycles. The first-order chi connectivity index (χ1) is 17.5. The van der Waals surface area contributed by atoms with Crippen LogP contribution in [-0.2, 0) is 0 Å². The number of ether oxygens (including phenoxy) is 1. The molecule has 0 radical (unpaired) electrons. The number of aryl methyl sites for hydroxylation is 2. The predicted octanol–water partition coefficient (Wildman–Crippen LogP) is 6.26. The highest BCUT2D eigenvalue weighted by Gasteiger charge is 2.35. The summed E-state index contributed by atoms with van der Waals surface area (Å²) in [7, 11) is 0. The maximum absolute atomic E-state index is 13.1. The van der Waals surface area contributed by atoms with E-state index in [1.807, 2.05) is 44.7 Å². The van der Waals surface area contributed by atoms with Crippen LogP contribution < -0.4 is 10.1 Å². The summed E-state index contributed by atoms with van der Waals surface area (Å²) in [4.78, 5) is 14.9. The minimum Gasteiger partial charge on any atom is -0.456 e. The van der Waals surface area contributed by atoms with Gasteiger partial charge in [0, 0.05) is 47.4 Å². The van der Waals surface area contributed by atoms with Crippen molar-refractivity contribution in [1.82, 2.24) is 15.4 Å². The Hall–Kier alpha value is -3.38. The Morgan fingerprint density at radius 3 is 2.42 bits per heavy atom. The van der Waals surface area contributed by atoms with E-state index in [9.17, 15) is 4.79 Å². The van der Waals surface area contributed by atoms with Gasteiger partial charge in [0.25, 0.3) is 5.91 Å². The van der Waals surface area contributed by atoms with Gasteiger partial charge in [-0.3, -0.25) is 4.79 Å². The normalized spacial score (nSPS) is 20.1. The minimum atomic E-state index is 0.0417. The number of hydrogen-bond acceptors (Lipinski definition) is 5. The van der Waals surface area contributed by atoms with Gasteiger partial charge in [0.2, 0.25) is 0 Å². The third-order valence-electron chi connectivity index (χ3n) is 8.01. The number of fused-ring (bicyclic) bond motifs is 4. The molecule has 1 N–H and O–H groups in total. The first-order valence-corrected chi connectivity index (χ1v) is 13.1. The van der Waals surface area contributed by atoms with Gasteiger partial charge in [0.05, 0.1) is 5.69 Å². The summed E-state index contributed by atoms with van der Waals surface area (Å²) in [6.45, 7) is 9.33. The summed E-state index contributed by atoms with van der Waals surface area (Å²) in [5.41, 5.74) is 8.61. The van der Waals surface area contributed by atoms with Crippen molar-refractivity contribution >= 4 is 11.5 Å². The summed E-state index contributed by atoms with van der Waals surface area (Å²) < 4.78 is 11.9. The molecule has 2 saturated heterocycles. The monoisotopic (exact) mass is 483 g/mol. The van der Waals surface area contributed by atoms with Crippen LogP contribution in [0.2, 0.25) is 0 Å². The second-order valence-corrected chi connectivity index (χ2v) is 10.2. The number of amides is 1. The Morgan fingerprint density at radius 2 is 1.75 bits per heavy atom. The van der Waals surface area contributed by atoms with E-state index in [-0.39, 0.29) is 5.91 Å². The highest BCUT2D eigenvalue weighted by atomic mass is 16.5. The van der Waals surface area contributed by atoms with Crippen LogP contribution in [0.25, 0.3) is 16.7 Å². The van der Waals surface area contributed by atoms with Gasteiger partial charge in [-0.2, -0.15) is 0 Å². The lowest BCUT2D eigenvalue weighted by Crippen LogP contribution is -2.35. The number of rotatable bonds is 4. The van der Waals surface area contributed by atoms with Gasteiger partial charge >= 0.3 is 0 Å². The molecule has 0 aliphatic carbocycles. The van der Waals surface area contributed by atoms with Gasteiger partial charge in [-0.25, -0.2) is 0 Å². The van der Waals surface area contributed by atoms with E-state index in [0.717, 1.165) is 58.0 Å². The van der Waals surface area contributed by atoms with E-state index in [0.29, 0.717) is 30.7 Å². The molecule has 6 heteroatoms. The second-order valence-electron chi connectivity index (χ2n) is 10.2. The van der Waals surface area contributed by atoms with Gasteiger partial charge < -0.3 is 19.5 Å². The van der Waals surface area contributed by atoms with Crippen molar-refractivity contribution in [3.63, 3.8) is 0 Å². The molecule has 186 valence electrons. The zero-order valence-corrected chi connectivity index (χ0v) is 21.5. The lowest BCUT2D eigenvalue weighted by Gasteiger charge is -2.31. The molecule has 6 rings (SSSR count). The summed E-state index contributed by atoms with van der Waals surface area (Å²) >= 11 is 0. The van der Waals surface area contributed by atoms with E-state index in [1.165, 1.54) is 24.0 Å². The maximum atomic E-state index is 13.1. The molecule has 3 aliphatic rings. The van der Waals surface area contributed by atoms with Crippen molar-refractivity contribution in [2.75, 3.05) is 13.1 Å².